The van der Waals surface area contributed by atoms with Crippen LogP contribution in [0.4, 0.5) is 0 Å². The zero-order valence-corrected chi connectivity index (χ0v) is 14.6. The van der Waals surface area contributed by atoms with E-state index >= 15 is 0 Å². The minimum Gasteiger partial charge on any atom is -0.497 e. The van der Waals surface area contributed by atoms with Gasteiger partial charge in [0, 0.05) is 16.5 Å². The zero-order valence-electron chi connectivity index (χ0n) is 13.8. The summed E-state index contributed by atoms with van der Waals surface area (Å²) in [6, 6.07) is 13.5. The molecular weight excluding hydrogens is 336 g/mol. The van der Waals surface area contributed by atoms with Crippen LogP contribution in [-0.2, 0) is 16.8 Å². The molecule has 0 spiro atoms. The van der Waals surface area contributed by atoms with Gasteiger partial charge < -0.3 is 14.6 Å². The van der Waals surface area contributed by atoms with Crippen molar-refractivity contribution in [1.82, 2.24) is 10.5 Å². The number of carbonyl (C=O) groups excluding carboxylic acids is 1. The second-order valence-electron chi connectivity index (χ2n) is 6.15. The average molecular weight is 354 g/mol. The molecule has 1 amide bonds. The van der Waals surface area contributed by atoms with E-state index in [0.29, 0.717) is 18.0 Å². The molecule has 4 rings (SSSR count). The Kier molecular flexibility index (Phi) is 4.05. The number of nitrogens with zero attached hydrogens (tertiary/aromatic N) is 1. The van der Waals surface area contributed by atoms with Crippen LogP contribution in [0.2, 0.25) is 0 Å². The van der Waals surface area contributed by atoms with Gasteiger partial charge in [-0.3, -0.25) is 4.79 Å². The molecule has 0 saturated heterocycles. The Hall–Kier alpha value is -2.60. The van der Waals surface area contributed by atoms with Crippen LogP contribution in [0, 0.1) is 0 Å². The molecule has 0 bridgehead atoms. The van der Waals surface area contributed by atoms with E-state index in [1.54, 1.807) is 18.4 Å². The van der Waals surface area contributed by atoms with Gasteiger partial charge in [-0.15, -0.1) is 11.3 Å². The molecule has 25 heavy (non-hydrogen) atoms. The molecule has 1 saturated carbocycles. The number of amides is 1. The summed E-state index contributed by atoms with van der Waals surface area (Å²) in [5.41, 5.74) is 1.04. The van der Waals surface area contributed by atoms with E-state index in [1.165, 1.54) is 0 Å². The van der Waals surface area contributed by atoms with E-state index in [9.17, 15) is 4.79 Å². The maximum Gasteiger partial charge on any atom is 0.232 e. The minimum absolute atomic E-state index is 0.0198. The fourth-order valence-corrected chi connectivity index (χ4v) is 3.53. The number of ether oxygens (including phenoxy) is 1. The molecule has 5 nitrogen and oxygen atoms in total. The third-order valence-electron chi connectivity index (χ3n) is 4.54. The summed E-state index contributed by atoms with van der Waals surface area (Å²) in [5, 5.41) is 9.20. The molecule has 2 heterocycles. The largest absolute Gasteiger partial charge is 0.497 e. The molecule has 128 valence electrons. The van der Waals surface area contributed by atoms with Crippen molar-refractivity contribution in [3.05, 3.63) is 58.4 Å². The third-order valence-corrected chi connectivity index (χ3v) is 5.42. The predicted molar refractivity (Wildman–Crippen MR) is 95.6 cm³/mol. The summed E-state index contributed by atoms with van der Waals surface area (Å²) in [5.74, 6) is 1.42. The Labute approximate surface area is 149 Å². The van der Waals surface area contributed by atoms with Gasteiger partial charge in [0.15, 0.2) is 5.76 Å². The molecule has 1 fully saturated rings. The normalized spacial score (nSPS) is 14.9. The first-order chi connectivity index (χ1) is 12.2. The summed E-state index contributed by atoms with van der Waals surface area (Å²) in [4.78, 5) is 13.8. The lowest BCUT2D eigenvalue weighted by Gasteiger charge is -2.11. The number of methoxy groups -OCH3 is 1. The Bertz CT molecular complexity index is 882. The van der Waals surface area contributed by atoms with Crippen LogP contribution in [0.15, 0.2) is 52.4 Å². The Morgan fingerprint density at radius 3 is 2.92 bits per heavy atom. The number of benzene rings is 1. The topological polar surface area (TPSA) is 64.4 Å². The average Bonchev–Trinajstić information content (AvgIpc) is 3.08. The number of thiophene rings is 1. The molecule has 1 aliphatic rings. The van der Waals surface area contributed by atoms with Crippen LogP contribution < -0.4 is 10.1 Å². The highest BCUT2D eigenvalue weighted by molar-refractivity contribution is 7.09. The molecular formula is C19H18N2O3S. The lowest BCUT2D eigenvalue weighted by atomic mass is 10.0. The van der Waals surface area contributed by atoms with Gasteiger partial charge in [-0.05, 0) is 36.4 Å². The van der Waals surface area contributed by atoms with Gasteiger partial charge >= 0.3 is 0 Å². The quantitative estimate of drug-likeness (QED) is 0.732. The van der Waals surface area contributed by atoms with Gasteiger partial charge in [-0.2, -0.15) is 0 Å². The maximum atomic E-state index is 12.7. The molecule has 6 heteroatoms. The lowest BCUT2D eigenvalue weighted by Crippen LogP contribution is -2.34. The van der Waals surface area contributed by atoms with Crippen LogP contribution in [0.3, 0.4) is 0 Å². The maximum absolute atomic E-state index is 12.7. The first-order valence-corrected chi connectivity index (χ1v) is 9.01. The molecule has 2 aromatic heterocycles. The first-order valence-electron chi connectivity index (χ1n) is 8.13. The second kappa shape index (κ2) is 6.37. The third kappa shape index (κ3) is 3.05. The van der Waals surface area contributed by atoms with Crippen molar-refractivity contribution < 1.29 is 14.1 Å². The van der Waals surface area contributed by atoms with Crippen LogP contribution in [-0.4, -0.2) is 18.2 Å². The van der Waals surface area contributed by atoms with E-state index in [2.05, 4.69) is 10.5 Å². The van der Waals surface area contributed by atoms with E-state index in [-0.39, 0.29) is 5.91 Å². The number of hydrogen-bond acceptors (Lipinski definition) is 5. The predicted octanol–water partition coefficient (Wildman–Crippen LogP) is 3.76. The van der Waals surface area contributed by atoms with Crippen molar-refractivity contribution >= 4 is 17.2 Å². The molecule has 3 aromatic rings. The highest BCUT2D eigenvalue weighted by Gasteiger charge is 2.53. The Balaban J connectivity index is 1.51. The minimum atomic E-state index is -0.544. The van der Waals surface area contributed by atoms with Gasteiger partial charge in [0.1, 0.15) is 5.75 Å². The van der Waals surface area contributed by atoms with Gasteiger partial charge in [0.05, 0.1) is 24.8 Å². The molecule has 1 N–H and O–H groups in total. The van der Waals surface area contributed by atoms with E-state index < -0.39 is 5.41 Å². The summed E-state index contributed by atoms with van der Waals surface area (Å²) in [6.07, 6.45) is 1.60. The van der Waals surface area contributed by atoms with E-state index in [0.717, 1.165) is 29.0 Å². The fourth-order valence-electron chi connectivity index (χ4n) is 2.89. The Morgan fingerprint density at radius 2 is 2.20 bits per heavy atom. The standard InChI is InChI=1S/C19H18N2O3S/c1-23-14-5-2-4-13(10-14)16-11-17(21-24-16)19(7-8-19)18(22)20-12-15-6-3-9-25-15/h2-6,9-11H,7-8,12H2,1H3,(H,20,22). The molecule has 0 unspecified atom stereocenters. The SMILES string of the molecule is COc1cccc(-c2cc(C3(C(=O)NCc4cccs4)CC3)no2)c1. The fraction of sp³-hybridized carbons (Fsp3) is 0.263. The molecule has 0 radical (unpaired) electrons. The highest BCUT2D eigenvalue weighted by Crippen LogP contribution is 2.48. The van der Waals surface area contributed by atoms with Crippen molar-refractivity contribution in [3.63, 3.8) is 0 Å². The van der Waals surface area contributed by atoms with Gasteiger partial charge in [-0.25, -0.2) is 0 Å². The van der Waals surface area contributed by atoms with Crippen molar-refractivity contribution in [2.75, 3.05) is 7.11 Å². The van der Waals surface area contributed by atoms with E-state index in [1.807, 2.05) is 47.8 Å². The summed E-state index contributed by atoms with van der Waals surface area (Å²) in [7, 11) is 1.63. The first kappa shape index (κ1) is 15.9. The van der Waals surface area contributed by atoms with Gasteiger partial charge in [0.2, 0.25) is 5.91 Å². The van der Waals surface area contributed by atoms with Crippen LogP contribution in [0.5, 0.6) is 5.75 Å². The van der Waals surface area contributed by atoms with Gasteiger partial charge in [0.25, 0.3) is 0 Å². The van der Waals surface area contributed by atoms with Crippen molar-refractivity contribution in [2.45, 2.75) is 24.8 Å². The summed E-state index contributed by atoms with van der Waals surface area (Å²) in [6.45, 7) is 0.554. The number of hydrogen-bond donors (Lipinski definition) is 1. The number of rotatable bonds is 6. The van der Waals surface area contributed by atoms with Gasteiger partial charge in [-0.1, -0.05) is 23.4 Å². The molecule has 1 aliphatic carbocycles. The number of nitrogens with one attached hydrogen (secondary N) is 1. The lowest BCUT2D eigenvalue weighted by molar-refractivity contribution is -0.123. The molecule has 1 aromatic carbocycles. The zero-order chi connectivity index (χ0) is 17.3. The van der Waals surface area contributed by atoms with Crippen LogP contribution >= 0.6 is 11.3 Å². The highest BCUT2D eigenvalue weighted by atomic mass is 32.1. The molecule has 0 aliphatic heterocycles. The number of aromatic nitrogens is 1. The van der Waals surface area contributed by atoms with E-state index in [4.69, 9.17) is 9.26 Å². The summed E-state index contributed by atoms with van der Waals surface area (Å²) < 4.78 is 10.7. The van der Waals surface area contributed by atoms with Crippen molar-refractivity contribution in [1.29, 1.82) is 0 Å². The summed E-state index contributed by atoms with van der Waals surface area (Å²) >= 11 is 1.64. The number of carbonyl (C=O) groups is 1. The van der Waals surface area contributed by atoms with Crippen molar-refractivity contribution in [3.8, 4) is 17.1 Å². The second-order valence-corrected chi connectivity index (χ2v) is 7.18. The van der Waals surface area contributed by atoms with Crippen molar-refractivity contribution in [2.24, 2.45) is 0 Å². The van der Waals surface area contributed by atoms with Crippen LogP contribution in [0.25, 0.3) is 11.3 Å². The molecule has 0 atom stereocenters. The monoisotopic (exact) mass is 354 g/mol. The van der Waals surface area contributed by atoms with Crippen LogP contribution in [0.1, 0.15) is 23.4 Å². The smallest absolute Gasteiger partial charge is 0.232 e. The Morgan fingerprint density at radius 1 is 1.32 bits per heavy atom.